The van der Waals surface area contributed by atoms with Gasteiger partial charge in [0.1, 0.15) is 24.0 Å². The lowest BCUT2D eigenvalue weighted by Crippen LogP contribution is -2.56. The van der Waals surface area contributed by atoms with Gasteiger partial charge in [0.2, 0.25) is 23.6 Å². The average molecular weight is 565 g/mol. The third-order valence-electron chi connectivity index (χ3n) is 6.89. The maximum atomic E-state index is 13.6. The first-order valence-corrected chi connectivity index (χ1v) is 13.6. The molecule has 0 aliphatic heterocycles. The highest BCUT2D eigenvalue weighted by Crippen LogP contribution is 2.14. The molecule has 10 nitrogen and oxygen atoms in total. The molecule has 0 aliphatic carbocycles. The number of hydrogen-bond donors (Lipinski definition) is 3. The lowest BCUT2D eigenvalue weighted by molar-refractivity contribution is -0.147. The number of likely N-dealkylation sites (N-methyl/N-ethyl adjacent to an activating group) is 2. The number of benzene rings is 1. The molecule has 0 saturated heterocycles. The molecule has 0 heterocycles. The minimum atomic E-state index is -1.28. The predicted octanol–water partition coefficient (Wildman–Crippen LogP) is 1.69. The van der Waals surface area contributed by atoms with Gasteiger partial charge in [-0.2, -0.15) is 0 Å². The fraction of sp³-hybridized carbons (Fsp3) is 0.621. The molecule has 0 saturated carbocycles. The van der Waals surface area contributed by atoms with Crippen molar-refractivity contribution in [2.45, 2.75) is 85.0 Å². The summed E-state index contributed by atoms with van der Waals surface area (Å²) < 4.78 is 13.5. The number of halogens is 1. The van der Waals surface area contributed by atoms with Crippen molar-refractivity contribution in [2.75, 3.05) is 20.6 Å². The molecule has 1 unspecified atom stereocenters. The average Bonchev–Trinajstić information content (AvgIpc) is 2.88. The molecule has 1 aromatic rings. The first-order chi connectivity index (χ1) is 18.6. The monoisotopic (exact) mass is 564 g/mol. The highest BCUT2D eigenvalue weighted by molar-refractivity contribution is 5.94. The molecule has 11 heteroatoms. The van der Waals surface area contributed by atoms with Crippen LogP contribution >= 0.6 is 0 Å². The number of carbonyl (C=O) groups excluding carboxylic acids is 5. The Bertz CT molecular complexity index is 1030. The van der Waals surface area contributed by atoms with Crippen molar-refractivity contribution in [3.63, 3.8) is 0 Å². The SMILES string of the molecule is CCC(C)[C@H](NC(=O)CN(C)C(=O)[C@@H](Cc1ccc(F)cc1)N(C)C(=O)[C@H](C)NC(=O)[C@H](O)CC(C)C)C(C)=O. The Morgan fingerprint density at radius 1 is 0.950 bits per heavy atom. The minimum absolute atomic E-state index is 0.0207. The number of rotatable bonds is 15. The van der Waals surface area contributed by atoms with Crippen molar-refractivity contribution in [3.8, 4) is 0 Å². The van der Waals surface area contributed by atoms with Crippen LogP contribution in [-0.2, 0) is 30.4 Å². The summed E-state index contributed by atoms with van der Waals surface area (Å²) in [5.74, 6) is -3.03. The van der Waals surface area contributed by atoms with Gasteiger partial charge in [-0.3, -0.25) is 24.0 Å². The summed E-state index contributed by atoms with van der Waals surface area (Å²) in [5, 5.41) is 15.3. The number of nitrogens with one attached hydrogen (secondary N) is 2. The smallest absolute Gasteiger partial charge is 0.249 e. The van der Waals surface area contributed by atoms with E-state index < -0.39 is 53.7 Å². The Hall–Kier alpha value is -3.34. The Balaban J connectivity index is 3.11. The molecule has 0 spiro atoms. The van der Waals surface area contributed by atoms with Gasteiger partial charge in [0, 0.05) is 20.5 Å². The Kier molecular flexibility index (Phi) is 13.9. The summed E-state index contributed by atoms with van der Waals surface area (Å²) in [7, 11) is 2.82. The van der Waals surface area contributed by atoms with E-state index in [0.29, 0.717) is 12.0 Å². The molecule has 0 bridgehead atoms. The Labute approximate surface area is 236 Å². The van der Waals surface area contributed by atoms with Crippen molar-refractivity contribution in [1.29, 1.82) is 0 Å². The first-order valence-electron chi connectivity index (χ1n) is 13.6. The fourth-order valence-electron chi connectivity index (χ4n) is 4.26. The van der Waals surface area contributed by atoms with Gasteiger partial charge in [0.15, 0.2) is 5.78 Å². The van der Waals surface area contributed by atoms with Gasteiger partial charge in [-0.1, -0.05) is 46.2 Å². The summed E-state index contributed by atoms with van der Waals surface area (Å²) in [4.78, 5) is 66.3. The van der Waals surface area contributed by atoms with E-state index in [1.807, 2.05) is 27.7 Å². The molecule has 224 valence electrons. The minimum Gasteiger partial charge on any atom is -0.383 e. The van der Waals surface area contributed by atoms with Gasteiger partial charge in [-0.05, 0) is 49.8 Å². The van der Waals surface area contributed by atoms with Gasteiger partial charge in [0.05, 0.1) is 12.6 Å². The van der Waals surface area contributed by atoms with Crippen molar-refractivity contribution in [3.05, 3.63) is 35.6 Å². The van der Waals surface area contributed by atoms with Gasteiger partial charge >= 0.3 is 0 Å². The topological polar surface area (TPSA) is 136 Å². The maximum Gasteiger partial charge on any atom is 0.249 e. The summed E-state index contributed by atoms with van der Waals surface area (Å²) in [6.07, 6.45) is -0.360. The van der Waals surface area contributed by atoms with E-state index >= 15 is 0 Å². The zero-order valence-electron chi connectivity index (χ0n) is 24.9. The fourth-order valence-corrected chi connectivity index (χ4v) is 4.26. The molecule has 4 amide bonds. The Morgan fingerprint density at radius 3 is 2.02 bits per heavy atom. The highest BCUT2D eigenvalue weighted by Gasteiger charge is 2.34. The van der Waals surface area contributed by atoms with Crippen LogP contribution in [0.4, 0.5) is 4.39 Å². The van der Waals surface area contributed by atoms with E-state index in [1.54, 1.807) is 0 Å². The lowest BCUT2D eigenvalue weighted by atomic mass is 9.96. The van der Waals surface area contributed by atoms with Crippen LogP contribution in [0.1, 0.15) is 59.9 Å². The van der Waals surface area contributed by atoms with Crippen LogP contribution in [0.25, 0.3) is 0 Å². The molecular weight excluding hydrogens is 519 g/mol. The van der Waals surface area contributed by atoms with E-state index in [9.17, 15) is 33.5 Å². The third kappa shape index (κ3) is 10.7. The Morgan fingerprint density at radius 2 is 1.52 bits per heavy atom. The summed E-state index contributed by atoms with van der Waals surface area (Å²) in [5.41, 5.74) is 0.578. The van der Waals surface area contributed by atoms with Crippen LogP contribution in [0.2, 0.25) is 0 Å². The number of aliphatic hydroxyl groups excluding tert-OH is 1. The number of aliphatic hydroxyl groups is 1. The molecule has 0 aliphatic rings. The molecule has 3 N–H and O–H groups in total. The van der Waals surface area contributed by atoms with E-state index in [-0.39, 0.29) is 37.0 Å². The second kappa shape index (κ2) is 16.1. The largest absolute Gasteiger partial charge is 0.383 e. The normalized spacial score (nSPS) is 14.9. The second-order valence-corrected chi connectivity index (χ2v) is 10.9. The van der Waals surface area contributed by atoms with Gasteiger partial charge in [-0.15, -0.1) is 0 Å². The number of Topliss-reactive ketones (excluding diaryl/α,β-unsaturated/α-hetero) is 1. The van der Waals surface area contributed by atoms with Crippen molar-refractivity contribution in [2.24, 2.45) is 11.8 Å². The third-order valence-corrected chi connectivity index (χ3v) is 6.89. The van der Waals surface area contributed by atoms with Gasteiger partial charge < -0.3 is 25.5 Å². The molecule has 0 fully saturated rings. The number of ketones is 1. The van der Waals surface area contributed by atoms with Gasteiger partial charge in [0.25, 0.3) is 0 Å². The van der Waals surface area contributed by atoms with Crippen LogP contribution in [0.5, 0.6) is 0 Å². The van der Waals surface area contributed by atoms with E-state index in [1.165, 1.54) is 57.1 Å². The zero-order valence-corrected chi connectivity index (χ0v) is 24.9. The summed E-state index contributed by atoms with van der Waals surface area (Å²) >= 11 is 0. The van der Waals surface area contributed by atoms with Crippen molar-refractivity contribution in [1.82, 2.24) is 20.4 Å². The zero-order chi connectivity index (χ0) is 30.7. The molecule has 0 radical (unpaired) electrons. The first kappa shape index (κ1) is 34.7. The molecular formula is C29H45FN4O6. The molecule has 0 aromatic heterocycles. The second-order valence-electron chi connectivity index (χ2n) is 10.9. The van der Waals surface area contributed by atoms with Crippen LogP contribution < -0.4 is 10.6 Å². The van der Waals surface area contributed by atoms with E-state index in [2.05, 4.69) is 10.6 Å². The number of nitrogens with zero attached hydrogens (tertiary/aromatic N) is 2. The predicted molar refractivity (Wildman–Crippen MR) is 149 cm³/mol. The quantitative estimate of drug-likeness (QED) is 0.297. The molecule has 5 atom stereocenters. The summed E-state index contributed by atoms with van der Waals surface area (Å²) in [6.45, 7) is 9.96. The molecule has 1 rings (SSSR count). The molecule has 40 heavy (non-hydrogen) atoms. The van der Waals surface area contributed by atoms with Crippen LogP contribution in [-0.4, -0.2) is 89.2 Å². The number of hydrogen-bond acceptors (Lipinski definition) is 6. The number of amides is 4. The van der Waals surface area contributed by atoms with Crippen molar-refractivity contribution >= 4 is 29.4 Å². The summed E-state index contributed by atoms with van der Waals surface area (Å²) in [6, 6.07) is 2.65. The van der Waals surface area contributed by atoms with E-state index in [4.69, 9.17) is 0 Å². The lowest BCUT2D eigenvalue weighted by Gasteiger charge is -2.33. The highest BCUT2D eigenvalue weighted by atomic mass is 19.1. The molecule has 1 aromatic carbocycles. The standard InChI is InChI=1S/C29H45FN4O6/c1-9-18(4)26(20(6)35)32-25(37)16-33(7)29(40)23(15-21-10-12-22(30)13-11-21)34(8)28(39)19(5)31-27(38)24(36)14-17(2)3/h10-13,17-19,23-24,26,36H,9,14-16H2,1-8H3,(H,31,38)(H,32,37)/t18?,19-,23+,24+,26-/m0/s1. The van der Waals surface area contributed by atoms with E-state index in [0.717, 1.165) is 4.90 Å². The maximum absolute atomic E-state index is 13.6. The number of carbonyl (C=O) groups is 5. The van der Waals surface area contributed by atoms with Crippen LogP contribution in [0.15, 0.2) is 24.3 Å². The van der Waals surface area contributed by atoms with Gasteiger partial charge in [-0.25, -0.2) is 4.39 Å². The van der Waals surface area contributed by atoms with Crippen LogP contribution in [0.3, 0.4) is 0 Å². The van der Waals surface area contributed by atoms with Crippen molar-refractivity contribution < 1.29 is 33.5 Å². The van der Waals surface area contributed by atoms with Crippen LogP contribution in [0, 0.1) is 17.7 Å².